The van der Waals surface area contributed by atoms with Crippen LogP contribution in [0.4, 0.5) is 0 Å². The summed E-state index contributed by atoms with van der Waals surface area (Å²) >= 11 is 5.73. The molecule has 2 saturated heterocycles. The lowest BCUT2D eigenvalue weighted by Gasteiger charge is -2.35. The maximum atomic E-state index is 12.4. The van der Waals surface area contributed by atoms with Crippen molar-refractivity contribution in [2.75, 3.05) is 37.7 Å². The maximum Gasteiger partial charge on any atom is 0.255 e. The summed E-state index contributed by atoms with van der Waals surface area (Å²) < 4.78 is 23.1. The smallest absolute Gasteiger partial charge is 0.255 e. The molecule has 1 aromatic heterocycles. The Morgan fingerprint density at radius 1 is 1.32 bits per heavy atom. The van der Waals surface area contributed by atoms with Crippen LogP contribution in [-0.2, 0) is 9.84 Å². The molecule has 22 heavy (non-hydrogen) atoms. The third-order valence-corrected chi connectivity index (χ3v) is 6.47. The summed E-state index contributed by atoms with van der Waals surface area (Å²) in [5.74, 6) is 0.555. The molecule has 2 fully saturated rings. The van der Waals surface area contributed by atoms with E-state index in [0.29, 0.717) is 29.6 Å². The third kappa shape index (κ3) is 3.42. The number of amides is 1. The first kappa shape index (κ1) is 15.7. The number of sulfone groups is 1. The van der Waals surface area contributed by atoms with E-state index in [1.165, 1.54) is 11.1 Å². The van der Waals surface area contributed by atoms with Crippen molar-refractivity contribution < 1.29 is 18.1 Å². The number of hydrogen-bond donors (Lipinski definition) is 1. The van der Waals surface area contributed by atoms with E-state index in [0.717, 1.165) is 19.5 Å². The molecule has 6 nitrogen and oxygen atoms in total. The van der Waals surface area contributed by atoms with Gasteiger partial charge in [-0.05, 0) is 12.1 Å². The van der Waals surface area contributed by atoms with Gasteiger partial charge < -0.3 is 9.80 Å². The van der Waals surface area contributed by atoms with Crippen molar-refractivity contribution in [1.82, 2.24) is 9.88 Å². The zero-order chi connectivity index (χ0) is 15.7. The lowest BCUT2D eigenvalue weighted by Crippen LogP contribution is -3.18. The molecule has 8 heteroatoms. The molecule has 0 spiro atoms. The Balaban J connectivity index is 1.57. The van der Waals surface area contributed by atoms with Gasteiger partial charge in [0, 0.05) is 12.6 Å². The van der Waals surface area contributed by atoms with Gasteiger partial charge in [0.25, 0.3) is 5.91 Å². The van der Waals surface area contributed by atoms with E-state index in [1.807, 2.05) is 0 Å². The standard InChI is InChI=1S/C14H18ClN3O3S/c15-13-2-1-11(9-16-13)14(19)18-6-4-17(5-7-18)12-3-8-22(20,21)10-12/h1-2,9,12H,3-8,10H2/p+1/t12-/m0/s1. The summed E-state index contributed by atoms with van der Waals surface area (Å²) in [6.45, 7) is 2.89. The predicted molar refractivity (Wildman–Crippen MR) is 82.9 cm³/mol. The number of hydrogen-bond acceptors (Lipinski definition) is 4. The molecule has 1 amide bonds. The largest absolute Gasteiger partial charge is 0.329 e. The summed E-state index contributed by atoms with van der Waals surface area (Å²) in [6.07, 6.45) is 2.24. The molecule has 0 aliphatic carbocycles. The van der Waals surface area contributed by atoms with Crippen LogP contribution in [0.1, 0.15) is 16.8 Å². The second-order valence-corrected chi connectivity index (χ2v) is 8.54. The first-order valence-corrected chi connectivity index (χ1v) is 9.60. The molecule has 0 saturated carbocycles. The summed E-state index contributed by atoms with van der Waals surface area (Å²) in [6, 6.07) is 3.49. The van der Waals surface area contributed by atoms with Crippen molar-refractivity contribution in [3.63, 3.8) is 0 Å². The van der Waals surface area contributed by atoms with Gasteiger partial charge >= 0.3 is 0 Å². The zero-order valence-electron chi connectivity index (χ0n) is 12.2. The van der Waals surface area contributed by atoms with Gasteiger partial charge in [-0.15, -0.1) is 0 Å². The van der Waals surface area contributed by atoms with E-state index >= 15 is 0 Å². The van der Waals surface area contributed by atoms with Gasteiger partial charge in [0.15, 0.2) is 9.84 Å². The van der Waals surface area contributed by atoms with E-state index in [2.05, 4.69) is 4.98 Å². The number of carbonyl (C=O) groups is 1. The molecule has 0 bridgehead atoms. The number of nitrogens with one attached hydrogen (secondary N) is 1. The fourth-order valence-electron chi connectivity index (χ4n) is 3.21. The Bertz CT molecular complexity index is 654. The van der Waals surface area contributed by atoms with E-state index in [9.17, 15) is 13.2 Å². The highest BCUT2D eigenvalue weighted by Crippen LogP contribution is 2.11. The van der Waals surface area contributed by atoms with Crippen LogP contribution in [0.2, 0.25) is 5.15 Å². The Kier molecular flexibility index (Phi) is 4.38. The Morgan fingerprint density at radius 3 is 2.59 bits per heavy atom. The number of nitrogens with zero attached hydrogens (tertiary/aromatic N) is 2. The van der Waals surface area contributed by atoms with Crippen LogP contribution in [0.3, 0.4) is 0 Å². The summed E-state index contributed by atoms with van der Waals surface area (Å²) in [7, 11) is -2.84. The fourth-order valence-corrected chi connectivity index (χ4v) is 5.14. The van der Waals surface area contributed by atoms with Crippen LogP contribution in [0.15, 0.2) is 18.3 Å². The molecule has 1 N–H and O–H groups in total. The Morgan fingerprint density at radius 2 is 2.05 bits per heavy atom. The average Bonchev–Trinajstić information content (AvgIpc) is 2.88. The van der Waals surface area contributed by atoms with Gasteiger partial charge in [0.05, 0.1) is 37.5 Å². The molecule has 3 rings (SSSR count). The molecule has 3 heterocycles. The molecule has 0 radical (unpaired) electrons. The summed E-state index contributed by atoms with van der Waals surface area (Å²) in [5, 5.41) is 0.369. The van der Waals surface area contributed by atoms with Gasteiger partial charge in [-0.1, -0.05) is 11.6 Å². The van der Waals surface area contributed by atoms with Crippen LogP contribution >= 0.6 is 11.6 Å². The molecule has 0 aromatic carbocycles. The summed E-state index contributed by atoms with van der Waals surface area (Å²) in [5.41, 5.74) is 0.538. The normalized spacial score (nSPS) is 25.3. The minimum Gasteiger partial charge on any atom is -0.329 e. The molecule has 120 valence electrons. The molecule has 1 aromatic rings. The molecule has 2 aliphatic rings. The van der Waals surface area contributed by atoms with E-state index < -0.39 is 9.84 Å². The lowest BCUT2D eigenvalue weighted by atomic mass is 10.1. The number of carbonyl (C=O) groups excluding carboxylic acids is 1. The highest BCUT2D eigenvalue weighted by atomic mass is 35.5. The Labute approximate surface area is 135 Å². The molecule has 0 unspecified atom stereocenters. The highest BCUT2D eigenvalue weighted by molar-refractivity contribution is 7.91. The summed E-state index contributed by atoms with van der Waals surface area (Å²) in [4.78, 5) is 19.4. The molecular formula is C14H19ClN3O3S+. The van der Waals surface area contributed by atoms with Crippen molar-refractivity contribution in [1.29, 1.82) is 0 Å². The number of quaternary nitrogens is 1. The van der Waals surface area contributed by atoms with E-state index in [-0.39, 0.29) is 17.7 Å². The monoisotopic (exact) mass is 344 g/mol. The van der Waals surface area contributed by atoms with Crippen LogP contribution in [0, 0.1) is 0 Å². The van der Waals surface area contributed by atoms with Crippen LogP contribution in [0.5, 0.6) is 0 Å². The first-order chi connectivity index (χ1) is 10.4. The molecule has 1 atom stereocenters. The van der Waals surface area contributed by atoms with Crippen LogP contribution in [-0.4, -0.2) is 67.9 Å². The topological polar surface area (TPSA) is 71.8 Å². The Hall–Kier alpha value is -1.18. The zero-order valence-corrected chi connectivity index (χ0v) is 13.7. The number of rotatable bonds is 2. The number of aromatic nitrogens is 1. The first-order valence-electron chi connectivity index (χ1n) is 7.40. The second-order valence-electron chi connectivity index (χ2n) is 5.92. The SMILES string of the molecule is O=C(c1ccc(Cl)nc1)N1CC[NH+]([C@H]2CCS(=O)(=O)C2)CC1. The maximum absolute atomic E-state index is 12.4. The minimum atomic E-state index is -2.84. The average molecular weight is 345 g/mol. The minimum absolute atomic E-state index is 0.0396. The fraction of sp³-hybridized carbons (Fsp3) is 0.571. The lowest BCUT2D eigenvalue weighted by molar-refractivity contribution is -0.925. The predicted octanol–water partition coefficient (Wildman–Crippen LogP) is -0.737. The van der Waals surface area contributed by atoms with Crippen molar-refractivity contribution in [2.45, 2.75) is 12.5 Å². The van der Waals surface area contributed by atoms with Crippen LogP contribution < -0.4 is 4.90 Å². The number of piperazine rings is 1. The van der Waals surface area contributed by atoms with Crippen molar-refractivity contribution in [3.05, 3.63) is 29.0 Å². The highest BCUT2D eigenvalue weighted by Gasteiger charge is 2.37. The van der Waals surface area contributed by atoms with Crippen molar-refractivity contribution >= 4 is 27.3 Å². The van der Waals surface area contributed by atoms with Gasteiger partial charge in [-0.2, -0.15) is 0 Å². The third-order valence-electron chi connectivity index (χ3n) is 4.48. The van der Waals surface area contributed by atoms with E-state index in [1.54, 1.807) is 17.0 Å². The quantitative estimate of drug-likeness (QED) is 0.718. The van der Waals surface area contributed by atoms with Crippen LogP contribution in [0.25, 0.3) is 0 Å². The van der Waals surface area contributed by atoms with E-state index in [4.69, 9.17) is 11.6 Å². The van der Waals surface area contributed by atoms with Crippen molar-refractivity contribution in [2.24, 2.45) is 0 Å². The number of pyridine rings is 1. The van der Waals surface area contributed by atoms with Crippen molar-refractivity contribution in [3.8, 4) is 0 Å². The molecule has 2 aliphatic heterocycles. The van der Waals surface area contributed by atoms with Gasteiger partial charge in [-0.3, -0.25) is 4.79 Å². The van der Waals surface area contributed by atoms with Gasteiger partial charge in [0.1, 0.15) is 16.9 Å². The number of halogens is 1. The van der Waals surface area contributed by atoms with Gasteiger partial charge in [-0.25, -0.2) is 13.4 Å². The second kappa shape index (κ2) is 6.14. The van der Waals surface area contributed by atoms with Gasteiger partial charge in [0.2, 0.25) is 0 Å². The molecular weight excluding hydrogens is 326 g/mol.